The second-order valence-electron chi connectivity index (χ2n) is 3.14. The summed E-state index contributed by atoms with van der Waals surface area (Å²) in [7, 11) is 1.66. The van der Waals surface area contributed by atoms with Gasteiger partial charge in [0.2, 0.25) is 0 Å². The molecule has 0 aromatic rings. The first kappa shape index (κ1) is 12.6. The number of thiol groups is 1. The maximum absolute atomic E-state index is 7.63. The van der Waals surface area contributed by atoms with E-state index in [1.165, 1.54) is 0 Å². The Morgan fingerprint density at radius 2 is 2.08 bits per heavy atom. The van der Waals surface area contributed by atoms with Crippen molar-refractivity contribution in [3.05, 3.63) is 11.3 Å². The minimum atomic E-state index is 0.380. The third-order valence-corrected chi connectivity index (χ3v) is 2.58. The van der Waals surface area contributed by atoms with Crippen LogP contribution in [0.25, 0.3) is 0 Å². The predicted octanol–water partition coefficient (Wildman–Crippen LogP) is 2.90. The van der Waals surface area contributed by atoms with Crippen molar-refractivity contribution in [1.29, 1.82) is 5.41 Å². The van der Waals surface area contributed by atoms with E-state index in [0.717, 1.165) is 17.8 Å². The van der Waals surface area contributed by atoms with Crippen molar-refractivity contribution in [3.63, 3.8) is 0 Å². The van der Waals surface area contributed by atoms with Crippen LogP contribution in [0.5, 0.6) is 0 Å². The fourth-order valence-electron chi connectivity index (χ4n) is 1.18. The summed E-state index contributed by atoms with van der Waals surface area (Å²) in [4.78, 5) is 0. The molecule has 0 aliphatic carbocycles. The summed E-state index contributed by atoms with van der Waals surface area (Å²) in [6.07, 6.45) is 1.03. The molecule has 0 spiro atoms. The zero-order chi connectivity index (χ0) is 10.4. The normalized spacial score (nSPS) is 14.8. The van der Waals surface area contributed by atoms with Crippen LogP contribution in [0.15, 0.2) is 11.3 Å². The number of hydrogen-bond acceptors (Lipinski definition) is 3. The molecule has 0 unspecified atom stereocenters. The first-order valence-corrected chi connectivity index (χ1v) is 5.15. The zero-order valence-corrected chi connectivity index (χ0v) is 9.74. The van der Waals surface area contributed by atoms with Crippen molar-refractivity contribution in [3.8, 4) is 0 Å². The Labute approximate surface area is 86.3 Å². The number of allylic oxidation sites excluding steroid dienone is 2. The van der Waals surface area contributed by atoms with E-state index in [0.29, 0.717) is 17.4 Å². The van der Waals surface area contributed by atoms with Gasteiger partial charge in [0.15, 0.2) is 0 Å². The van der Waals surface area contributed by atoms with Crippen molar-refractivity contribution in [2.45, 2.75) is 27.2 Å². The molecule has 0 bridgehead atoms. The van der Waals surface area contributed by atoms with Crippen LogP contribution >= 0.6 is 12.6 Å². The number of ether oxygens (including phenoxy) is 1. The molecule has 0 radical (unpaired) electrons. The van der Waals surface area contributed by atoms with Crippen LogP contribution in [-0.4, -0.2) is 18.6 Å². The van der Waals surface area contributed by atoms with Crippen LogP contribution in [0, 0.1) is 11.3 Å². The SMILES string of the molecule is CC[C@@H](C)/C(OC)=C(/C)C(=N)CS. The lowest BCUT2D eigenvalue weighted by Crippen LogP contribution is -2.10. The summed E-state index contributed by atoms with van der Waals surface area (Å²) in [6.45, 7) is 6.14. The third kappa shape index (κ3) is 3.43. The zero-order valence-electron chi connectivity index (χ0n) is 8.85. The Morgan fingerprint density at radius 1 is 1.54 bits per heavy atom. The molecule has 0 fully saturated rings. The predicted molar refractivity (Wildman–Crippen MR) is 60.7 cm³/mol. The van der Waals surface area contributed by atoms with Gasteiger partial charge in [-0.3, -0.25) is 0 Å². The molecule has 13 heavy (non-hydrogen) atoms. The van der Waals surface area contributed by atoms with E-state index in [9.17, 15) is 0 Å². The Hall–Kier alpha value is -0.440. The molecular weight excluding hydrogens is 182 g/mol. The van der Waals surface area contributed by atoms with E-state index in [-0.39, 0.29) is 0 Å². The van der Waals surface area contributed by atoms with Crippen LogP contribution in [0.3, 0.4) is 0 Å². The van der Waals surface area contributed by atoms with Crippen molar-refractivity contribution in [2.75, 3.05) is 12.9 Å². The largest absolute Gasteiger partial charge is 0.500 e. The van der Waals surface area contributed by atoms with Crippen molar-refractivity contribution in [2.24, 2.45) is 5.92 Å². The van der Waals surface area contributed by atoms with Gasteiger partial charge in [-0.05, 0) is 13.3 Å². The van der Waals surface area contributed by atoms with E-state index < -0.39 is 0 Å². The van der Waals surface area contributed by atoms with E-state index in [2.05, 4.69) is 26.5 Å². The molecular formula is C10H19NOS. The van der Waals surface area contributed by atoms with E-state index in [1.54, 1.807) is 7.11 Å². The quantitative estimate of drug-likeness (QED) is 0.400. The van der Waals surface area contributed by atoms with E-state index in [4.69, 9.17) is 10.1 Å². The highest BCUT2D eigenvalue weighted by molar-refractivity contribution is 7.81. The lowest BCUT2D eigenvalue weighted by molar-refractivity contribution is 0.242. The molecule has 0 aromatic heterocycles. The van der Waals surface area contributed by atoms with Crippen molar-refractivity contribution in [1.82, 2.24) is 0 Å². The van der Waals surface area contributed by atoms with Gasteiger partial charge in [-0.25, -0.2) is 0 Å². The van der Waals surface area contributed by atoms with Gasteiger partial charge in [-0.1, -0.05) is 13.8 Å². The number of rotatable bonds is 5. The first-order valence-electron chi connectivity index (χ1n) is 4.51. The first-order chi connectivity index (χ1) is 6.08. The Morgan fingerprint density at radius 3 is 2.38 bits per heavy atom. The molecule has 0 saturated heterocycles. The summed E-state index contributed by atoms with van der Waals surface area (Å²) in [5, 5.41) is 7.63. The summed E-state index contributed by atoms with van der Waals surface area (Å²) in [6, 6.07) is 0. The molecule has 0 aromatic carbocycles. The highest BCUT2D eigenvalue weighted by Gasteiger charge is 2.12. The molecule has 1 atom stereocenters. The number of nitrogens with one attached hydrogen (secondary N) is 1. The smallest absolute Gasteiger partial charge is 0.103 e. The standard InChI is InChI=1S/C10H19NOS/c1-5-7(2)10(12-4)8(3)9(11)6-13/h7,11,13H,5-6H2,1-4H3/b10-8+,11-9?/t7-/m1/s1. The van der Waals surface area contributed by atoms with Gasteiger partial charge >= 0.3 is 0 Å². The summed E-state index contributed by atoms with van der Waals surface area (Å²) < 4.78 is 5.29. The highest BCUT2D eigenvalue weighted by Crippen LogP contribution is 2.19. The molecule has 76 valence electrons. The van der Waals surface area contributed by atoms with Gasteiger partial charge in [0.05, 0.1) is 7.11 Å². The summed E-state index contributed by atoms with van der Waals surface area (Å²) >= 11 is 4.07. The molecule has 3 heteroatoms. The fraction of sp³-hybridized carbons (Fsp3) is 0.700. The summed E-state index contributed by atoms with van der Waals surface area (Å²) in [5.74, 6) is 1.77. The molecule has 0 saturated carbocycles. The fourth-order valence-corrected chi connectivity index (χ4v) is 1.41. The average molecular weight is 201 g/mol. The van der Waals surface area contributed by atoms with E-state index in [1.807, 2.05) is 6.92 Å². The van der Waals surface area contributed by atoms with Crippen molar-refractivity contribution < 1.29 is 4.74 Å². The Kier molecular flexibility index (Phi) is 5.88. The second kappa shape index (κ2) is 6.08. The average Bonchev–Trinajstić information content (AvgIpc) is 2.17. The minimum Gasteiger partial charge on any atom is -0.500 e. The van der Waals surface area contributed by atoms with Crippen LogP contribution in [-0.2, 0) is 4.74 Å². The van der Waals surface area contributed by atoms with Gasteiger partial charge in [0.25, 0.3) is 0 Å². The molecule has 1 N–H and O–H groups in total. The monoisotopic (exact) mass is 201 g/mol. The minimum absolute atomic E-state index is 0.380. The van der Waals surface area contributed by atoms with Crippen LogP contribution in [0.4, 0.5) is 0 Å². The van der Waals surface area contributed by atoms with E-state index >= 15 is 0 Å². The Bertz CT molecular complexity index is 211. The lowest BCUT2D eigenvalue weighted by Gasteiger charge is -2.16. The van der Waals surface area contributed by atoms with Crippen LogP contribution < -0.4 is 0 Å². The molecule has 2 nitrogen and oxygen atoms in total. The maximum atomic E-state index is 7.63. The topological polar surface area (TPSA) is 33.1 Å². The van der Waals surface area contributed by atoms with Crippen LogP contribution in [0.2, 0.25) is 0 Å². The van der Waals surface area contributed by atoms with Gasteiger partial charge in [0, 0.05) is 23.0 Å². The molecule has 0 amide bonds. The highest BCUT2D eigenvalue weighted by atomic mass is 32.1. The van der Waals surface area contributed by atoms with Gasteiger partial charge in [-0.2, -0.15) is 12.6 Å². The molecule has 0 rings (SSSR count). The number of hydrogen-bond donors (Lipinski definition) is 2. The number of methoxy groups -OCH3 is 1. The second-order valence-corrected chi connectivity index (χ2v) is 3.46. The van der Waals surface area contributed by atoms with Gasteiger partial charge in [-0.15, -0.1) is 0 Å². The Balaban J connectivity index is 4.78. The van der Waals surface area contributed by atoms with Crippen LogP contribution in [0.1, 0.15) is 27.2 Å². The third-order valence-electron chi connectivity index (χ3n) is 2.26. The van der Waals surface area contributed by atoms with Gasteiger partial charge < -0.3 is 10.1 Å². The molecule has 0 aliphatic rings. The maximum Gasteiger partial charge on any atom is 0.103 e. The molecule has 0 heterocycles. The summed E-state index contributed by atoms with van der Waals surface area (Å²) in [5.41, 5.74) is 1.47. The van der Waals surface area contributed by atoms with Crippen molar-refractivity contribution >= 4 is 18.3 Å². The lowest BCUT2D eigenvalue weighted by atomic mass is 10.0. The molecule has 0 aliphatic heterocycles. The van der Waals surface area contributed by atoms with Gasteiger partial charge in [0.1, 0.15) is 5.76 Å².